The first-order valence-corrected chi connectivity index (χ1v) is 6.14. The molecule has 0 aliphatic carbocycles. The molecule has 0 amide bonds. The first-order chi connectivity index (χ1) is 9.24. The Kier molecular flexibility index (Phi) is 2.93. The summed E-state index contributed by atoms with van der Waals surface area (Å²) in [5.41, 5.74) is 8.66. The average molecular weight is 271 g/mol. The molecule has 0 saturated carbocycles. The monoisotopic (exact) mass is 270 g/mol. The predicted molar refractivity (Wildman–Crippen MR) is 76.2 cm³/mol. The van der Waals surface area contributed by atoms with Crippen molar-refractivity contribution in [1.82, 2.24) is 14.8 Å². The lowest BCUT2D eigenvalue weighted by Gasteiger charge is -2.02. The van der Waals surface area contributed by atoms with E-state index in [9.17, 15) is 0 Å². The van der Waals surface area contributed by atoms with Gasteiger partial charge in [-0.1, -0.05) is 23.7 Å². The number of pyridine rings is 1. The number of nitrogen functional groups attached to an aromatic ring is 1. The fourth-order valence-corrected chi connectivity index (χ4v) is 1.98. The summed E-state index contributed by atoms with van der Waals surface area (Å²) in [5.74, 6) is 0.580. The number of anilines is 1. The lowest BCUT2D eigenvalue weighted by atomic mass is 10.1. The van der Waals surface area contributed by atoms with Gasteiger partial charge in [-0.05, 0) is 24.3 Å². The van der Waals surface area contributed by atoms with E-state index in [0.29, 0.717) is 10.8 Å². The van der Waals surface area contributed by atoms with Crippen LogP contribution in [0.25, 0.3) is 16.9 Å². The number of benzene rings is 1. The normalized spacial score (nSPS) is 10.6. The highest BCUT2D eigenvalue weighted by atomic mass is 35.5. The van der Waals surface area contributed by atoms with E-state index >= 15 is 0 Å². The van der Waals surface area contributed by atoms with Crippen LogP contribution in [0.3, 0.4) is 0 Å². The zero-order valence-electron chi connectivity index (χ0n) is 9.99. The Morgan fingerprint density at radius 2 is 1.68 bits per heavy atom. The first kappa shape index (κ1) is 11.7. The van der Waals surface area contributed by atoms with E-state index in [4.69, 9.17) is 17.3 Å². The molecule has 0 saturated heterocycles. The molecule has 0 aliphatic heterocycles. The molecular weight excluding hydrogens is 260 g/mol. The molecule has 0 bridgehead atoms. The summed E-state index contributed by atoms with van der Waals surface area (Å²) in [6.45, 7) is 0. The summed E-state index contributed by atoms with van der Waals surface area (Å²) in [6, 6.07) is 13.0. The summed E-state index contributed by atoms with van der Waals surface area (Å²) in [7, 11) is 0. The zero-order valence-corrected chi connectivity index (χ0v) is 10.7. The molecule has 3 aromatic rings. The molecule has 1 aromatic carbocycles. The molecule has 0 unspecified atom stereocenters. The molecule has 2 aromatic heterocycles. The Morgan fingerprint density at radius 1 is 1.00 bits per heavy atom. The first-order valence-electron chi connectivity index (χ1n) is 5.76. The van der Waals surface area contributed by atoms with Gasteiger partial charge in [-0.2, -0.15) is 5.10 Å². The molecule has 0 aliphatic rings. The Balaban J connectivity index is 2.04. The highest BCUT2D eigenvalue weighted by Crippen LogP contribution is 2.24. The van der Waals surface area contributed by atoms with Gasteiger partial charge in [0, 0.05) is 29.0 Å². The van der Waals surface area contributed by atoms with Gasteiger partial charge in [0.25, 0.3) is 0 Å². The zero-order chi connectivity index (χ0) is 13.2. The SMILES string of the molecule is Nc1cc(-c2ccc(Cl)cc2)nn1-c1ccncc1. The number of aromatic nitrogens is 3. The molecule has 19 heavy (non-hydrogen) atoms. The van der Waals surface area contributed by atoms with Crippen LogP contribution in [0, 0.1) is 0 Å². The van der Waals surface area contributed by atoms with Crippen molar-refractivity contribution < 1.29 is 0 Å². The van der Waals surface area contributed by atoms with E-state index in [1.54, 1.807) is 17.1 Å². The van der Waals surface area contributed by atoms with Crippen LogP contribution in [-0.4, -0.2) is 14.8 Å². The molecule has 0 radical (unpaired) electrons. The van der Waals surface area contributed by atoms with E-state index in [0.717, 1.165) is 16.9 Å². The highest BCUT2D eigenvalue weighted by Gasteiger charge is 2.08. The minimum absolute atomic E-state index is 0.580. The summed E-state index contributed by atoms with van der Waals surface area (Å²) in [4.78, 5) is 3.98. The standard InChI is InChI=1S/C14H11ClN4/c15-11-3-1-10(2-4-11)13-9-14(16)19(18-13)12-5-7-17-8-6-12/h1-9H,16H2. The second-order valence-electron chi connectivity index (χ2n) is 4.08. The molecule has 2 N–H and O–H groups in total. The van der Waals surface area contributed by atoms with Crippen molar-refractivity contribution in [1.29, 1.82) is 0 Å². The molecular formula is C14H11ClN4. The van der Waals surface area contributed by atoms with Crippen LogP contribution in [0.4, 0.5) is 5.82 Å². The van der Waals surface area contributed by atoms with Crippen LogP contribution in [0.15, 0.2) is 54.9 Å². The van der Waals surface area contributed by atoms with E-state index in [2.05, 4.69) is 10.1 Å². The predicted octanol–water partition coefficient (Wildman–Crippen LogP) is 3.17. The third kappa shape index (κ3) is 2.30. The highest BCUT2D eigenvalue weighted by molar-refractivity contribution is 6.30. The van der Waals surface area contributed by atoms with Crippen LogP contribution in [0.2, 0.25) is 5.02 Å². The van der Waals surface area contributed by atoms with Gasteiger partial charge >= 0.3 is 0 Å². The summed E-state index contributed by atoms with van der Waals surface area (Å²) in [5, 5.41) is 5.20. The molecule has 0 spiro atoms. The largest absolute Gasteiger partial charge is 0.384 e. The minimum Gasteiger partial charge on any atom is -0.384 e. The summed E-state index contributed by atoms with van der Waals surface area (Å²) < 4.78 is 1.69. The second kappa shape index (κ2) is 4.74. The maximum absolute atomic E-state index is 5.99. The molecule has 0 atom stereocenters. The number of hydrogen-bond acceptors (Lipinski definition) is 3. The van der Waals surface area contributed by atoms with Crippen LogP contribution in [0.1, 0.15) is 0 Å². The summed E-state index contributed by atoms with van der Waals surface area (Å²) in [6.07, 6.45) is 3.41. The maximum atomic E-state index is 5.99. The fraction of sp³-hybridized carbons (Fsp3) is 0. The van der Waals surface area contributed by atoms with Gasteiger partial charge in [-0.15, -0.1) is 0 Å². The number of nitrogens with zero attached hydrogens (tertiary/aromatic N) is 3. The molecule has 2 heterocycles. The van der Waals surface area contributed by atoms with Crippen molar-refractivity contribution in [3.05, 3.63) is 59.9 Å². The molecule has 4 nitrogen and oxygen atoms in total. The van der Waals surface area contributed by atoms with Gasteiger partial charge in [0.2, 0.25) is 0 Å². The van der Waals surface area contributed by atoms with E-state index in [1.165, 1.54) is 0 Å². The maximum Gasteiger partial charge on any atom is 0.127 e. The van der Waals surface area contributed by atoms with Crippen molar-refractivity contribution >= 4 is 17.4 Å². The van der Waals surface area contributed by atoms with E-state index in [1.807, 2.05) is 42.5 Å². The average Bonchev–Trinajstić information content (AvgIpc) is 2.83. The lowest BCUT2D eigenvalue weighted by Crippen LogP contribution is -2.01. The van der Waals surface area contributed by atoms with Crippen molar-refractivity contribution in [2.24, 2.45) is 0 Å². The Labute approximate surface area is 115 Å². The number of nitrogens with two attached hydrogens (primary N) is 1. The molecule has 5 heteroatoms. The number of halogens is 1. The lowest BCUT2D eigenvalue weighted by molar-refractivity contribution is 0.892. The van der Waals surface area contributed by atoms with Gasteiger partial charge < -0.3 is 5.73 Å². The van der Waals surface area contributed by atoms with Crippen LogP contribution >= 0.6 is 11.6 Å². The second-order valence-corrected chi connectivity index (χ2v) is 4.51. The molecule has 0 fully saturated rings. The van der Waals surface area contributed by atoms with Crippen molar-refractivity contribution in [3.8, 4) is 16.9 Å². The Hall–Kier alpha value is -2.33. The molecule has 94 valence electrons. The van der Waals surface area contributed by atoms with E-state index < -0.39 is 0 Å². The van der Waals surface area contributed by atoms with Crippen LogP contribution < -0.4 is 5.73 Å². The third-order valence-corrected chi connectivity index (χ3v) is 3.04. The van der Waals surface area contributed by atoms with Gasteiger partial charge in [0.05, 0.1) is 11.4 Å². The number of hydrogen-bond donors (Lipinski definition) is 1. The number of rotatable bonds is 2. The van der Waals surface area contributed by atoms with Gasteiger partial charge in [-0.3, -0.25) is 4.98 Å². The Morgan fingerprint density at radius 3 is 2.37 bits per heavy atom. The van der Waals surface area contributed by atoms with Crippen LogP contribution in [-0.2, 0) is 0 Å². The third-order valence-electron chi connectivity index (χ3n) is 2.78. The van der Waals surface area contributed by atoms with Crippen molar-refractivity contribution in [3.63, 3.8) is 0 Å². The van der Waals surface area contributed by atoms with Gasteiger partial charge in [0.15, 0.2) is 0 Å². The van der Waals surface area contributed by atoms with Crippen LogP contribution in [0.5, 0.6) is 0 Å². The quantitative estimate of drug-likeness (QED) is 0.778. The van der Waals surface area contributed by atoms with E-state index in [-0.39, 0.29) is 0 Å². The smallest absolute Gasteiger partial charge is 0.127 e. The van der Waals surface area contributed by atoms with Gasteiger partial charge in [-0.25, -0.2) is 4.68 Å². The Bertz CT molecular complexity index is 689. The van der Waals surface area contributed by atoms with Crippen molar-refractivity contribution in [2.45, 2.75) is 0 Å². The van der Waals surface area contributed by atoms with Crippen molar-refractivity contribution in [2.75, 3.05) is 5.73 Å². The fourth-order valence-electron chi connectivity index (χ4n) is 1.85. The minimum atomic E-state index is 0.580. The molecule has 3 rings (SSSR count). The summed E-state index contributed by atoms with van der Waals surface area (Å²) >= 11 is 5.87. The van der Waals surface area contributed by atoms with Gasteiger partial charge in [0.1, 0.15) is 5.82 Å². The topological polar surface area (TPSA) is 56.7 Å².